The molecule has 3 aromatic rings. The van der Waals surface area contributed by atoms with Crippen LogP contribution in [0.15, 0.2) is 78.9 Å². The van der Waals surface area contributed by atoms with Gasteiger partial charge in [0.25, 0.3) is 5.91 Å². The Morgan fingerprint density at radius 2 is 1.68 bits per heavy atom. The van der Waals surface area contributed by atoms with Crippen molar-refractivity contribution in [3.8, 4) is 5.75 Å². The first-order valence-corrected chi connectivity index (χ1v) is 10.4. The van der Waals surface area contributed by atoms with Crippen LogP contribution in [0.25, 0.3) is 0 Å². The van der Waals surface area contributed by atoms with E-state index >= 15 is 0 Å². The van der Waals surface area contributed by atoms with Crippen molar-refractivity contribution in [2.45, 2.75) is 25.7 Å². The molecule has 0 aromatic heterocycles. The van der Waals surface area contributed by atoms with Crippen molar-refractivity contribution >= 4 is 23.2 Å². The van der Waals surface area contributed by atoms with E-state index in [1.54, 1.807) is 6.92 Å². The Balaban J connectivity index is 1.61. The summed E-state index contributed by atoms with van der Waals surface area (Å²) in [6.45, 7) is 4.37. The van der Waals surface area contributed by atoms with Crippen molar-refractivity contribution in [1.82, 2.24) is 0 Å². The van der Waals surface area contributed by atoms with E-state index in [9.17, 15) is 9.59 Å². The van der Waals surface area contributed by atoms with Crippen LogP contribution in [0.3, 0.4) is 0 Å². The number of fused-ring (bicyclic) bond motifs is 1. The molecule has 1 N–H and O–H groups in total. The molecule has 3 aromatic carbocycles. The Labute approximate surface area is 182 Å². The van der Waals surface area contributed by atoms with Gasteiger partial charge in [-0.25, -0.2) is 0 Å². The van der Waals surface area contributed by atoms with E-state index in [0.29, 0.717) is 18.0 Å². The summed E-state index contributed by atoms with van der Waals surface area (Å²) in [5.41, 5.74) is 3.54. The Morgan fingerprint density at radius 1 is 1.00 bits per heavy atom. The number of para-hydroxylation sites is 1. The minimum atomic E-state index is -0.260. The molecule has 1 unspecified atom stereocenters. The van der Waals surface area contributed by atoms with Crippen LogP contribution < -0.4 is 15.0 Å². The lowest BCUT2D eigenvalue weighted by molar-refractivity contribution is -0.118. The highest BCUT2D eigenvalue weighted by Crippen LogP contribution is 2.45. The summed E-state index contributed by atoms with van der Waals surface area (Å²) in [5, 5.41) is 2.93. The summed E-state index contributed by atoms with van der Waals surface area (Å²) >= 11 is 0. The molecular formula is C26H26N2O3. The molecule has 0 spiro atoms. The molecule has 1 heterocycles. The summed E-state index contributed by atoms with van der Waals surface area (Å²) in [5.74, 6) is 0.436. The fourth-order valence-corrected chi connectivity index (χ4v) is 4.18. The first-order valence-electron chi connectivity index (χ1n) is 10.4. The number of amides is 2. The second-order valence-electron chi connectivity index (χ2n) is 8.00. The van der Waals surface area contributed by atoms with Crippen molar-refractivity contribution in [3.05, 3.63) is 90.0 Å². The van der Waals surface area contributed by atoms with Crippen molar-refractivity contribution in [3.63, 3.8) is 0 Å². The molecule has 1 aliphatic rings. The zero-order valence-corrected chi connectivity index (χ0v) is 17.8. The number of carbonyl (C=O) groups excluding carboxylic acids is 2. The van der Waals surface area contributed by atoms with Crippen molar-refractivity contribution < 1.29 is 14.3 Å². The molecule has 5 nitrogen and oxygen atoms in total. The van der Waals surface area contributed by atoms with E-state index in [2.05, 4.69) is 24.4 Å². The molecule has 1 aliphatic heterocycles. The molecule has 0 fully saturated rings. The van der Waals surface area contributed by atoms with E-state index in [1.165, 1.54) is 5.56 Å². The highest BCUT2D eigenvalue weighted by atomic mass is 16.5. The van der Waals surface area contributed by atoms with Gasteiger partial charge in [0.05, 0.1) is 0 Å². The smallest absolute Gasteiger partial charge is 0.262 e. The van der Waals surface area contributed by atoms with Crippen LogP contribution >= 0.6 is 0 Å². The highest BCUT2D eigenvalue weighted by molar-refractivity contribution is 5.95. The van der Waals surface area contributed by atoms with Crippen LogP contribution in [-0.2, 0) is 15.0 Å². The summed E-state index contributed by atoms with van der Waals surface area (Å²) in [6.07, 6.45) is 0.804. The number of rotatable bonds is 5. The van der Waals surface area contributed by atoms with E-state index in [0.717, 1.165) is 17.7 Å². The Morgan fingerprint density at radius 3 is 2.35 bits per heavy atom. The van der Waals surface area contributed by atoms with Gasteiger partial charge in [0.1, 0.15) is 5.75 Å². The average Bonchev–Trinajstić information content (AvgIpc) is 2.79. The van der Waals surface area contributed by atoms with Gasteiger partial charge in [-0.3, -0.25) is 9.59 Å². The zero-order valence-electron chi connectivity index (χ0n) is 17.8. The number of anilines is 2. The highest BCUT2D eigenvalue weighted by Gasteiger charge is 2.37. The standard InChI is InChI=1S/C26H26N2O3/c1-19(29)28-16-15-26(2,20-9-5-3-6-10-20)23-17-21(13-14-24(23)28)27-25(30)18-31-22-11-7-4-8-12-22/h3-14,17H,15-16,18H2,1-2H3,(H,27,30). The molecule has 0 saturated carbocycles. The molecule has 0 bridgehead atoms. The number of nitrogens with zero attached hydrogens (tertiary/aromatic N) is 1. The van der Waals surface area contributed by atoms with Crippen LogP contribution in [0.5, 0.6) is 5.75 Å². The second-order valence-corrected chi connectivity index (χ2v) is 8.00. The van der Waals surface area contributed by atoms with Gasteiger partial charge in [-0.1, -0.05) is 55.5 Å². The monoisotopic (exact) mass is 414 g/mol. The molecule has 0 saturated heterocycles. The van der Waals surface area contributed by atoms with Crippen LogP contribution in [-0.4, -0.2) is 25.0 Å². The van der Waals surface area contributed by atoms with Gasteiger partial charge in [0, 0.05) is 30.3 Å². The summed E-state index contributed by atoms with van der Waals surface area (Å²) < 4.78 is 5.55. The van der Waals surface area contributed by atoms with Gasteiger partial charge >= 0.3 is 0 Å². The maximum Gasteiger partial charge on any atom is 0.262 e. The van der Waals surface area contributed by atoms with Gasteiger partial charge in [-0.15, -0.1) is 0 Å². The quantitative estimate of drug-likeness (QED) is 0.654. The van der Waals surface area contributed by atoms with Gasteiger partial charge < -0.3 is 15.0 Å². The number of hydrogen-bond acceptors (Lipinski definition) is 3. The normalized spacial score (nSPS) is 17.5. The molecule has 0 aliphatic carbocycles. The predicted octanol–water partition coefficient (Wildman–Crippen LogP) is 4.77. The molecular weight excluding hydrogens is 388 g/mol. The second kappa shape index (κ2) is 8.64. The zero-order chi connectivity index (χ0) is 21.8. The summed E-state index contributed by atoms with van der Waals surface area (Å²) in [7, 11) is 0. The molecule has 1 atom stereocenters. The van der Waals surface area contributed by atoms with Gasteiger partial charge in [0.2, 0.25) is 5.91 Å². The number of benzene rings is 3. The third kappa shape index (κ3) is 4.31. The fourth-order valence-electron chi connectivity index (χ4n) is 4.18. The van der Waals surface area contributed by atoms with E-state index in [-0.39, 0.29) is 23.8 Å². The Bertz CT molecular complexity index is 1080. The molecule has 5 heteroatoms. The van der Waals surface area contributed by atoms with E-state index in [1.807, 2.05) is 71.6 Å². The fraction of sp³-hybridized carbons (Fsp3) is 0.231. The van der Waals surface area contributed by atoms with Crippen molar-refractivity contribution in [2.24, 2.45) is 0 Å². The third-order valence-electron chi connectivity index (χ3n) is 5.91. The summed E-state index contributed by atoms with van der Waals surface area (Å²) in [4.78, 5) is 26.5. The number of hydrogen-bond donors (Lipinski definition) is 1. The van der Waals surface area contributed by atoms with E-state index < -0.39 is 0 Å². The van der Waals surface area contributed by atoms with Gasteiger partial charge in [0.15, 0.2) is 6.61 Å². The minimum Gasteiger partial charge on any atom is -0.484 e. The molecule has 158 valence electrons. The lowest BCUT2D eigenvalue weighted by Crippen LogP contribution is -2.41. The molecule has 31 heavy (non-hydrogen) atoms. The number of nitrogens with one attached hydrogen (secondary N) is 1. The maximum absolute atomic E-state index is 12.5. The Hall–Kier alpha value is -3.60. The first-order chi connectivity index (χ1) is 15.0. The topological polar surface area (TPSA) is 58.6 Å². The SMILES string of the molecule is CC(=O)N1CCC(C)(c2ccccc2)c2cc(NC(=O)COc3ccccc3)ccc21. The van der Waals surface area contributed by atoms with Crippen LogP contribution in [0.2, 0.25) is 0 Å². The lowest BCUT2D eigenvalue weighted by atomic mass is 9.71. The number of carbonyl (C=O) groups is 2. The largest absolute Gasteiger partial charge is 0.484 e. The molecule has 2 amide bonds. The third-order valence-corrected chi connectivity index (χ3v) is 5.91. The van der Waals surface area contributed by atoms with Gasteiger partial charge in [-0.2, -0.15) is 0 Å². The van der Waals surface area contributed by atoms with Crippen molar-refractivity contribution in [2.75, 3.05) is 23.4 Å². The van der Waals surface area contributed by atoms with Crippen molar-refractivity contribution in [1.29, 1.82) is 0 Å². The first kappa shape index (κ1) is 20.7. The molecule has 0 radical (unpaired) electrons. The Kier molecular flexibility index (Phi) is 5.76. The van der Waals surface area contributed by atoms with E-state index in [4.69, 9.17) is 4.74 Å². The average molecular weight is 415 g/mol. The predicted molar refractivity (Wildman–Crippen MR) is 123 cm³/mol. The van der Waals surface area contributed by atoms with Crippen LogP contribution in [0.4, 0.5) is 11.4 Å². The number of ether oxygens (including phenoxy) is 1. The van der Waals surface area contributed by atoms with Crippen LogP contribution in [0, 0.1) is 0 Å². The lowest BCUT2D eigenvalue weighted by Gasteiger charge is -2.41. The molecule has 4 rings (SSSR count). The maximum atomic E-state index is 12.5. The summed E-state index contributed by atoms with van der Waals surface area (Å²) in [6, 6.07) is 25.3. The van der Waals surface area contributed by atoms with Gasteiger partial charge in [-0.05, 0) is 47.9 Å². The minimum absolute atomic E-state index is 0.0180. The van der Waals surface area contributed by atoms with Crippen LogP contribution in [0.1, 0.15) is 31.4 Å².